The number of rotatable bonds is 5. The predicted octanol–water partition coefficient (Wildman–Crippen LogP) is 2.97. The fourth-order valence-corrected chi connectivity index (χ4v) is 1.65. The van der Waals surface area contributed by atoms with Crippen LogP contribution in [-0.2, 0) is 0 Å². The number of hydrogen-bond acceptors (Lipinski definition) is 4. The maximum atomic E-state index is 5.73. The molecule has 0 aliphatic carbocycles. The number of nitrogens with one attached hydrogen (secondary N) is 1. The standard InChI is InChI=1S/C14H17N3O/c1-3-10-18-13-7-5-4-6-11(13)12-8-9-16-14(15-2)17-12/h4-9H,3,10H2,1-2H3,(H,15,16,17). The average molecular weight is 243 g/mol. The highest BCUT2D eigenvalue weighted by atomic mass is 16.5. The van der Waals surface area contributed by atoms with Gasteiger partial charge in [-0.3, -0.25) is 0 Å². The lowest BCUT2D eigenvalue weighted by molar-refractivity contribution is 0.318. The Kier molecular flexibility index (Phi) is 4.12. The maximum Gasteiger partial charge on any atom is 0.222 e. The van der Waals surface area contributed by atoms with E-state index in [2.05, 4.69) is 22.2 Å². The molecule has 0 saturated heterocycles. The Bertz CT molecular complexity index is 514. The summed E-state index contributed by atoms with van der Waals surface area (Å²) in [5.41, 5.74) is 1.85. The van der Waals surface area contributed by atoms with Gasteiger partial charge in [-0.15, -0.1) is 0 Å². The molecule has 2 rings (SSSR count). The summed E-state index contributed by atoms with van der Waals surface area (Å²) >= 11 is 0. The number of anilines is 1. The monoisotopic (exact) mass is 243 g/mol. The first kappa shape index (κ1) is 12.4. The Balaban J connectivity index is 2.36. The van der Waals surface area contributed by atoms with E-state index in [4.69, 9.17) is 4.74 Å². The molecule has 0 aliphatic heterocycles. The molecule has 0 radical (unpaired) electrons. The SMILES string of the molecule is CCCOc1ccccc1-c1ccnc(NC)n1. The van der Waals surface area contributed by atoms with Crippen molar-refractivity contribution in [1.29, 1.82) is 0 Å². The van der Waals surface area contributed by atoms with Gasteiger partial charge in [0.25, 0.3) is 0 Å². The highest BCUT2D eigenvalue weighted by molar-refractivity contribution is 5.67. The molecule has 0 amide bonds. The summed E-state index contributed by atoms with van der Waals surface area (Å²) in [7, 11) is 1.80. The van der Waals surface area contributed by atoms with E-state index in [1.54, 1.807) is 13.2 Å². The highest BCUT2D eigenvalue weighted by Crippen LogP contribution is 2.28. The topological polar surface area (TPSA) is 47.0 Å². The molecule has 1 aromatic carbocycles. The van der Waals surface area contributed by atoms with Crippen molar-refractivity contribution in [2.75, 3.05) is 19.0 Å². The smallest absolute Gasteiger partial charge is 0.222 e. The summed E-state index contributed by atoms with van der Waals surface area (Å²) in [5.74, 6) is 1.47. The molecule has 0 atom stereocenters. The van der Waals surface area contributed by atoms with Gasteiger partial charge in [0.15, 0.2) is 0 Å². The largest absolute Gasteiger partial charge is 0.493 e. The van der Waals surface area contributed by atoms with Crippen LogP contribution in [-0.4, -0.2) is 23.6 Å². The first-order valence-electron chi connectivity index (χ1n) is 6.08. The van der Waals surface area contributed by atoms with Gasteiger partial charge in [-0.2, -0.15) is 0 Å². The molecule has 0 bridgehead atoms. The predicted molar refractivity (Wildman–Crippen MR) is 72.8 cm³/mol. The number of ether oxygens (including phenoxy) is 1. The maximum absolute atomic E-state index is 5.73. The van der Waals surface area contributed by atoms with Crippen molar-refractivity contribution in [3.8, 4) is 17.0 Å². The van der Waals surface area contributed by atoms with E-state index in [1.807, 2.05) is 30.3 Å². The van der Waals surface area contributed by atoms with Crippen LogP contribution in [0.1, 0.15) is 13.3 Å². The second kappa shape index (κ2) is 6.00. The van der Waals surface area contributed by atoms with Crippen LogP contribution in [0.25, 0.3) is 11.3 Å². The van der Waals surface area contributed by atoms with Crippen LogP contribution in [0.5, 0.6) is 5.75 Å². The molecular formula is C14H17N3O. The number of benzene rings is 1. The Labute approximate surface area is 107 Å². The number of para-hydroxylation sites is 1. The summed E-state index contributed by atoms with van der Waals surface area (Å²) in [4.78, 5) is 8.54. The van der Waals surface area contributed by atoms with Crippen LogP contribution in [0.3, 0.4) is 0 Å². The van der Waals surface area contributed by atoms with Gasteiger partial charge >= 0.3 is 0 Å². The second-order valence-corrected chi connectivity index (χ2v) is 3.86. The molecule has 94 valence electrons. The van der Waals surface area contributed by atoms with E-state index in [-0.39, 0.29) is 0 Å². The lowest BCUT2D eigenvalue weighted by Crippen LogP contribution is -1.99. The van der Waals surface area contributed by atoms with Crippen LogP contribution in [0.4, 0.5) is 5.95 Å². The van der Waals surface area contributed by atoms with Crippen molar-refractivity contribution < 1.29 is 4.74 Å². The third-order valence-corrected chi connectivity index (χ3v) is 2.50. The van der Waals surface area contributed by atoms with Crippen molar-refractivity contribution >= 4 is 5.95 Å². The Morgan fingerprint density at radius 2 is 2.06 bits per heavy atom. The summed E-state index contributed by atoms with van der Waals surface area (Å²) in [6.45, 7) is 2.80. The summed E-state index contributed by atoms with van der Waals surface area (Å²) in [5, 5.41) is 2.94. The van der Waals surface area contributed by atoms with E-state index in [9.17, 15) is 0 Å². The molecule has 18 heavy (non-hydrogen) atoms. The highest BCUT2D eigenvalue weighted by Gasteiger charge is 2.07. The van der Waals surface area contributed by atoms with E-state index in [0.717, 1.165) is 23.4 Å². The normalized spacial score (nSPS) is 10.1. The fourth-order valence-electron chi connectivity index (χ4n) is 1.65. The van der Waals surface area contributed by atoms with E-state index < -0.39 is 0 Å². The number of aromatic nitrogens is 2. The van der Waals surface area contributed by atoms with Gasteiger partial charge in [0.05, 0.1) is 12.3 Å². The van der Waals surface area contributed by atoms with Crippen molar-refractivity contribution in [3.05, 3.63) is 36.5 Å². The minimum Gasteiger partial charge on any atom is -0.493 e. The quantitative estimate of drug-likeness (QED) is 0.877. The average Bonchev–Trinajstić information content (AvgIpc) is 2.45. The van der Waals surface area contributed by atoms with Gasteiger partial charge < -0.3 is 10.1 Å². The second-order valence-electron chi connectivity index (χ2n) is 3.86. The summed E-state index contributed by atoms with van der Waals surface area (Å²) in [6, 6.07) is 9.80. The molecule has 0 spiro atoms. The van der Waals surface area contributed by atoms with Crippen molar-refractivity contribution in [2.24, 2.45) is 0 Å². The van der Waals surface area contributed by atoms with Gasteiger partial charge in [0.2, 0.25) is 5.95 Å². The molecule has 1 N–H and O–H groups in total. The van der Waals surface area contributed by atoms with Gasteiger partial charge in [-0.25, -0.2) is 9.97 Å². The Hall–Kier alpha value is -2.10. The van der Waals surface area contributed by atoms with Crippen molar-refractivity contribution in [1.82, 2.24) is 9.97 Å². The van der Waals surface area contributed by atoms with Crippen LogP contribution in [0.15, 0.2) is 36.5 Å². The van der Waals surface area contributed by atoms with Crippen LogP contribution < -0.4 is 10.1 Å². The molecule has 0 aliphatic rings. The number of nitrogens with zero attached hydrogens (tertiary/aromatic N) is 2. The van der Waals surface area contributed by atoms with Gasteiger partial charge in [0, 0.05) is 18.8 Å². The first-order valence-corrected chi connectivity index (χ1v) is 6.08. The van der Waals surface area contributed by atoms with Gasteiger partial charge in [0.1, 0.15) is 5.75 Å². The fraction of sp³-hybridized carbons (Fsp3) is 0.286. The molecule has 0 fully saturated rings. The van der Waals surface area contributed by atoms with Crippen molar-refractivity contribution in [3.63, 3.8) is 0 Å². The molecule has 1 heterocycles. The van der Waals surface area contributed by atoms with E-state index in [0.29, 0.717) is 12.6 Å². The molecule has 1 aromatic heterocycles. The Morgan fingerprint density at radius 3 is 2.83 bits per heavy atom. The van der Waals surface area contributed by atoms with Gasteiger partial charge in [-0.05, 0) is 24.6 Å². The summed E-state index contributed by atoms with van der Waals surface area (Å²) in [6.07, 6.45) is 2.73. The van der Waals surface area contributed by atoms with Crippen molar-refractivity contribution in [2.45, 2.75) is 13.3 Å². The van der Waals surface area contributed by atoms with Crippen LogP contribution in [0, 0.1) is 0 Å². The minimum absolute atomic E-state index is 0.609. The third kappa shape index (κ3) is 2.77. The zero-order chi connectivity index (χ0) is 12.8. The molecule has 0 saturated carbocycles. The third-order valence-electron chi connectivity index (χ3n) is 2.50. The van der Waals surface area contributed by atoms with E-state index >= 15 is 0 Å². The zero-order valence-electron chi connectivity index (χ0n) is 10.7. The van der Waals surface area contributed by atoms with E-state index in [1.165, 1.54) is 0 Å². The van der Waals surface area contributed by atoms with Gasteiger partial charge in [-0.1, -0.05) is 19.1 Å². The van der Waals surface area contributed by atoms with Crippen LogP contribution >= 0.6 is 0 Å². The number of hydrogen-bond donors (Lipinski definition) is 1. The first-order chi connectivity index (χ1) is 8.85. The molecule has 0 unspecified atom stereocenters. The lowest BCUT2D eigenvalue weighted by atomic mass is 10.1. The molecule has 4 heteroatoms. The summed E-state index contributed by atoms with van der Waals surface area (Å²) < 4.78 is 5.73. The molecule has 4 nitrogen and oxygen atoms in total. The van der Waals surface area contributed by atoms with Crippen LogP contribution in [0.2, 0.25) is 0 Å². The zero-order valence-corrected chi connectivity index (χ0v) is 10.7. The minimum atomic E-state index is 0.609. The Morgan fingerprint density at radius 1 is 1.22 bits per heavy atom. The lowest BCUT2D eigenvalue weighted by Gasteiger charge is -2.10. The molecular weight excluding hydrogens is 226 g/mol. The molecule has 2 aromatic rings.